The van der Waals surface area contributed by atoms with Crippen LogP contribution in [0.3, 0.4) is 0 Å². The Kier molecular flexibility index (Phi) is 4.48. The zero-order valence-electron chi connectivity index (χ0n) is 12.7. The normalized spacial score (nSPS) is 10.7. The van der Waals surface area contributed by atoms with Crippen molar-refractivity contribution < 1.29 is 14.6 Å². The van der Waals surface area contributed by atoms with E-state index < -0.39 is 0 Å². The van der Waals surface area contributed by atoms with Crippen LogP contribution in [0.15, 0.2) is 47.8 Å². The van der Waals surface area contributed by atoms with Gasteiger partial charge in [0.05, 0.1) is 12.7 Å². The van der Waals surface area contributed by atoms with E-state index in [9.17, 15) is 9.90 Å². The molecule has 0 spiro atoms. The second-order valence-electron chi connectivity index (χ2n) is 5.15. The third-order valence-corrected chi connectivity index (χ3v) is 4.70. The molecule has 3 aromatic rings. The lowest BCUT2D eigenvalue weighted by Gasteiger charge is -2.08. The summed E-state index contributed by atoms with van der Waals surface area (Å²) < 4.78 is 6.26. The van der Waals surface area contributed by atoms with Crippen LogP contribution in [-0.2, 0) is 6.42 Å². The highest BCUT2D eigenvalue weighted by Crippen LogP contribution is 2.26. The van der Waals surface area contributed by atoms with E-state index >= 15 is 0 Å². The summed E-state index contributed by atoms with van der Waals surface area (Å²) in [6, 6.07) is 12.9. The molecule has 1 amide bonds. The largest absolute Gasteiger partial charge is 0.507 e. The van der Waals surface area contributed by atoms with E-state index in [1.807, 2.05) is 12.1 Å². The van der Waals surface area contributed by atoms with Crippen LogP contribution in [0.1, 0.15) is 15.9 Å². The molecule has 0 unspecified atom stereocenters. The second-order valence-corrected chi connectivity index (χ2v) is 6.06. The summed E-state index contributed by atoms with van der Waals surface area (Å²) in [4.78, 5) is 12.1. The van der Waals surface area contributed by atoms with Crippen LogP contribution in [0, 0.1) is 0 Å². The van der Waals surface area contributed by atoms with Gasteiger partial charge in [-0.25, -0.2) is 0 Å². The van der Waals surface area contributed by atoms with E-state index in [1.54, 1.807) is 23.5 Å². The molecule has 0 aliphatic carbocycles. The predicted octanol–water partition coefficient (Wildman–Crippen LogP) is 3.59. The summed E-state index contributed by atoms with van der Waals surface area (Å²) >= 11 is 1.71. The number of methoxy groups -OCH3 is 1. The average Bonchev–Trinajstić information content (AvgIpc) is 2.98. The number of ether oxygens (including phenoxy) is 1. The molecule has 0 aliphatic rings. The van der Waals surface area contributed by atoms with Gasteiger partial charge in [-0.3, -0.25) is 4.79 Å². The molecule has 2 N–H and O–H groups in total. The Labute approximate surface area is 138 Å². The Bertz CT molecular complexity index is 841. The van der Waals surface area contributed by atoms with Crippen LogP contribution < -0.4 is 10.1 Å². The lowest BCUT2D eigenvalue weighted by atomic mass is 10.1. The van der Waals surface area contributed by atoms with E-state index in [0.717, 1.165) is 6.42 Å². The molecule has 23 heavy (non-hydrogen) atoms. The minimum Gasteiger partial charge on any atom is -0.507 e. The predicted molar refractivity (Wildman–Crippen MR) is 92.5 cm³/mol. The van der Waals surface area contributed by atoms with E-state index in [2.05, 4.69) is 22.8 Å². The number of phenols is 1. The zero-order chi connectivity index (χ0) is 16.2. The van der Waals surface area contributed by atoms with E-state index in [1.165, 1.54) is 28.8 Å². The van der Waals surface area contributed by atoms with Crippen LogP contribution >= 0.6 is 11.3 Å². The first-order valence-electron chi connectivity index (χ1n) is 7.29. The van der Waals surface area contributed by atoms with Gasteiger partial charge in [0, 0.05) is 17.3 Å². The Morgan fingerprint density at radius 3 is 2.87 bits per heavy atom. The van der Waals surface area contributed by atoms with Gasteiger partial charge in [-0.1, -0.05) is 18.2 Å². The number of aromatic hydroxyl groups is 1. The Balaban J connectivity index is 1.63. The fourth-order valence-electron chi connectivity index (χ4n) is 2.46. The molecule has 118 valence electrons. The van der Waals surface area contributed by atoms with Crippen LogP contribution in [-0.4, -0.2) is 24.7 Å². The quantitative estimate of drug-likeness (QED) is 0.753. The summed E-state index contributed by atoms with van der Waals surface area (Å²) in [5.41, 5.74) is 1.48. The fraction of sp³-hybridized carbons (Fsp3) is 0.167. The maximum absolute atomic E-state index is 12.1. The molecule has 0 radical (unpaired) electrons. The number of nitrogens with one attached hydrogen (secondary N) is 1. The molecule has 2 aromatic carbocycles. The van der Waals surface area contributed by atoms with Gasteiger partial charge in [0.25, 0.3) is 5.91 Å². The summed E-state index contributed by atoms with van der Waals surface area (Å²) in [6.45, 7) is 0.519. The van der Waals surface area contributed by atoms with E-state index in [0.29, 0.717) is 12.3 Å². The maximum Gasteiger partial charge on any atom is 0.255 e. The summed E-state index contributed by atoms with van der Waals surface area (Å²) in [5, 5.41) is 16.1. The Morgan fingerprint density at radius 1 is 1.26 bits per heavy atom. The highest BCUT2D eigenvalue weighted by atomic mass is 32.1. The van der Waals surface area contributed by atoms with Crippen molar-refractivity contribution in [1.29, 1.82) is 0 Å². The molecule has 0 aliphatic heterocycles. The van der Waals surface area contributed by atoms with E-state index in [-0.39, 0.29) is 17.2 Å². The molecule has 4 nitrogen and oxygen atoms in total. The van der Waals surface area contributed by atoms with Gasteiger partial charge in [0.15, 0.2) is 0 Å². The molecule has 0 saturated carbocycles. The van der Waals surface area contributed by atoms with Crippen LogP contribution in [0.2, 0.25) is 0 Å². The number of benzene rings is 2. The molecular weight excluding hydrogens is 310 g/mol. The van der Waals surface area contributed by atoms with Crippen molar-refractivity contribution in [1.82, 2.24) is 5.32 Å². The van der Waals surface area contributed by atoms with Gasteiger partial charge in [0.1, 0.15) is 11.5 Å². The number of carbonyl (C=O) groups excluding carboxylic acids is 1. The van der Waals surface area contributed by atoms with Crippen molar-refractivity contribution in [2.45, 2.75) is 6.42 Å². The number of hydrogen-bond acceptors (Lipinski definition) is 4. The van der Waals surface area contributed by atoms with Crippen molar-refractivity contribution in [3.63, 3.8) is 0 Å². The number of hydrogen-bond donors (Lipinski definition) is 2. The highest BCUT2D eigenvalue weighted by molar-refractivity contribution is 7.17. The third kappa shape index (κ3) is 3.29. The summed E-state index contributed by atoms with van der Waals surface area (Å²) in [5.74, 6) is 0.149. The van der Waals surface area contributed by atoms with Crippen molar-refractivity contribution in [3.05, 3.63) is 59.0 Å². The van der Waals surface area contributed by atoms with Crippen LogP contribution in [0.4, 0.5) is 0 Å². The first-order valence-corrected chi connectivity index (χ1v) is 8.17. The van der Waals surface area contributed by atoms with Crippen LogP contribution in [0.25, 0.3) is 10.1 Å². The molecule has 3 rings (SSSR count). The van der Waals surface area contributed by atoms with Crippen molar-refractivity contribution in [2.75, 3.05) is 13.7 Å². The number of rotatable bonds is 5. The first kappa shape index (κ1) is 15.4. The minimum absolute atomic E-state index is 0.0807. The number of fused-ring (bicyclic) bond motifs is 1. The van der Waals surface area contributed by atoms with Gasteiger partial charge in [-0.05, 0) is 40.9 Å². The molecule has 5 heteroatoms. The maximum atomic E-state index is 12.1. The van der Waals surface area contributed by atoms with E-state index in [4.69, 9.17) is 4.74 Å². The summed E-state index contributed by atoms with van der Waals surface area (Å²) in [6.07, 6.45) is 0.757. The molecular formula is C18H17NO3S. The molecule has 0 bridgehead atoms. The number of amides is 1. The van der Waals surface area contributed by atoms with Gasteiger partial charge >= 0.3 is 0 Å². The standard InChI is InChI=1S/C18H17NO3S/c1-22-13-6-7-15(16(20)10-13)18(21)19-9-8-12-11-23-17-5-3-2-4-14(12)17/h2-7,10-11,20H,8-9H2,1H3,(H,19,21). The third-order valence-electron chi connectivity index (χ3n) is 3.69. The Morgan fingerprint density at radius 2 is 2.09 bits per heavy atom. The Hall–Kier alpha value is -2.53. The number of carbonyl (C=O) groups is 1. The lowest BCUT2D eigenvalue weighted by Crippen LogP contribution is -2.25. The van der Waals surface area contributed by atoms with Crippen LogP contribution in [0.5, 0.6) is 11.5 Å². The molecule has 0 atom stereocenters. The minimum atomic E-state index is -0.287. The zero-order valence-corrected chi connectivity index (χ0v) is 13.5. The average molecular weight is 327 g/mol. The van der Waals surface area contributed by atoms with Crippen molar-refractivity contribution >= 4 is 27.3 Å². The first-order chi connectivity index (χ1) is 11.2. The van der Waals surface area contributed by atoms with Gasteiger partial charge < -0.3 is 15.2 Å². The fourth-order valence-corrected chi connectivity index (χ4v) is 3.46. The molecule has 1 aromatic heterocycles. The number of phenolic OH excluding ortho intramolecular Hbond substituents is 1. The van der Waals surface area contributed by atoms with Crippen molar-refractivity contribution in [3.8, 4) is 11.5 Å². The smallest absolute Gasteiger partial charge is 0.255 e. The lowest BCUT2D eigenvalue weighted by molar-refractivity contribution is 0.0951. The topological polar surface area (TPSA) is 58.6 Å². The van der Waals surface area contributed by atoms with Gasteiger partial charge in [0.2, 0.25) is 0 Å². The SMILES string of the molecule is COc1ccc(C(=O)NCCc2csc3ccccc23)c(O)c1. The monoisotopic (exact) mass is 327 g/mol. The van der Waals surface area contributed by atoms with Crippen molar-refractivity contribution in [2.24, 2.45) is 0 Å². The molecule has 0 fully saturated rings. The molecule has 0 saturated heterocycles. The molecule has 1 heterocycles. The van der Waals surface area contributed by atoms with Gasteiger partial charge in [-0.15, -0.1) is 11.3 Å². The second kappa shape index (κ2) is 6.71. The highest BCUT2D eigenvalue weighted by Gasteiger charge is 2.12. The van der Waals surface area contributed by atoms with Gasteiger partial charge in [-0.2, -0.15) is 0 Å². The number of thiophene rings is 1. The summed E-state index contributed by atoms with van der Waals surface area (Å²) in [7, 11) is 1.51.